The Bertz CT molecular complexity index is 1220. The number of carboxylic acid groups (broad SMARTS) is 1. The number of anilines is 1. The Morgan fingerprint density at radius 3 is 2.38 bits per heavy atom. The van der Waals surface area contributed by atoms with Gasteiger partial charge in [-0.15, -0.1) is 0 Å². The average Bonchev–Trinajstić information content (AvgIpc) is 2.77. The van der Waals surface area contributed by atoms with Crippen LogP contribution in [0.1, 0.15) is 21.5 Å². The Hall–Kier alpha value is -3.41. The lowest BCUT2D eigenvalue weighted by Gasteiger charge is -2.13. The number of hydrogen-bond acceptors (Lipinski definition) is 4. The van der Waals surface area contributed by atoms with E-state index in [2.05, 4.69) is 37.2 Å². The van der Waals surface area contributed by atoms with Crippen LogP contribution < -0.4 is 10.1 Å². The van der Waals surface area contributed by atoms with Crippen LogP contribution in [0.25, 0.3) is 6.08 Å². The number of aromatic carboxylic acids is 1. The van der Waals surface area contributed by atoms with Crippen LogP contribution in [0.5, 0.6) is 5.75 Å². The minimum atomic E-state index is -1.07. The fourth-order valence-corrected chi connectivity index (χ4v) is 4.14. The molecule has 0 radical (unpaired) electrons. The molecule has 2 N–H and O–H groups in total. The molecule has 0 atom stereocenters. The zero-order valence-corrected chi connectivity index (χ0v) is 19.7. The van der Waals surface area contributed by atoms with Gasteiger partial charge in [0.15, 0.2) is 0 Å². The number of ether oxygens (including phenoxy) is 1. The van der Waals surface area contributed by atoms with Gasteiger partial charge in [-0.1, -0.05) is 46.3 Å². The minimum absolute atomic E-state index is 0.0956. The van der Waals surface area contributed by atoms with Gasteiger partial charge >= 0.3 is 5.97 Å². The molecular formula is C24H16Br2N2O4. The Labute approximate surface area is 201 Å². The molecule has 0 aromatic heterocycles. The van der Waals surface area contributed by atoms with Gasteiger partial charge in [0.2, 0.25) is 0 Å². The maximum absolute atomic E-state index is 12.6. The zero-order valence-electron chi connectivity index (χ0n) is 16.5. The van der Waals surface area contributed by atoms with Crippen molar-refractivity contribution < 1.29 is 19.4 Å². The summed E-state index contributed by atoms with van der Waals surface area (Å²) in [6.45, 7) is 0.311. The van der Waals surface area contributed by atoms with Gasteiger partial charge in [0.1, 0.15) is 24.0 Å². The number of nitrogens with one attached hydrogen (secondary N) is 1. The lowest BCUT2D eigenvalue weighted by molar-refractivity contribution is -0.112. The summed E-state index contributed by atoms with van der Waals surface area (Å²) in [5.41, 5.74) is 1.84. The van der Waals surface area contributed by atoms with Crippen molar-refractivity contribution in [3.63, 3.8) is 0 Å². The van der Waals surface area contributed by atoms with Gasteiger partial charge in [-0.3, -0.25) is 4.79 Å². The molecule has 0 spiro atoms. The van der Waals surface area contributed by atoms with E-state index in [9.17, 15) is 14.9 Å². The first kappa shape index (κ1) is 23.3. The molecule has 0 aliphatic heterocycles. The van der Waals surface area contributed by atoms with E-state index in [0.29, 0.717) is 28.1 Å². The number of hydrogen-bond donors (Lipinski definition) is 2. The third kappa shape index (κ3) is 6.06. The van der Waals surface area contributed by atoms with Crippen molar-refractivity contribution in [3.8, 4) is 11.8 Å². The van der Waals surface area contributed by atoms with Gasteiger partial charge in [0, 0.05) is 15.7 Å². The standard InChI is InChI=1S/C24H16Br2N2O4/c25-19-11-17(22(21(26)12-19)32-14-15-4-2-1-3-5-15)10-18(13-27)23(29)28-20-8-6-16(7-9-20)24(30)31/h1-12H,14H2,(H,28,29)(H,30,31)/b18-10+. The van der Waals surface area contributed by atoms with E-state index in [0.717, 1.165) is 10.0 Å². The first-order valence-electron chi connectivity index (χ1n) is 9.29. The molecular weight excluding hydrogens is 540 g/mol. The first-order valence-corrected chi connectivity index (χ1v) is 10.9. The molecule has 0 aliphatic carbocycles. The fraction of sp³-hybridized carbons (Fsp3) is 0.0417. The maximum Gasteiger partial charge on any atom is 0.335 e. The molecule has 0 fully saturated rings. The SMILES string of the molecule is N#C/C(=C\c1cc(Br)cc(Br)c1OCc1ccccc1)C(=O)Nc1ccc(C(=O)O)cc1. The fourth-order valence-electron chi connectivity index (χ4n) is 2.77. The topological polar surface area (TPSA) is 99.4 Å². The minimum Gasteiger partial charge on any atom is -0.487 e. The number of carboxylic acids is 1. The Kier molecular flexibility index (Phi) is 7.82. The van der Waals surface area contributed by atoms with Gasteiger partial charge in [-0.25, -0.2) is 4.79 Å². The quantitative estimate of drug-likeness (QED) is 0.274. The molecule has 0 saturated carbocycles. The van der Waals surface area contributed by atoms with Gasteiger partial charge in [-0.2, -0.15) is 5.26 Å². The van der Waals surface area contributed by atoms with Crippen LogP contribution in [0.15, 0.2) is 81.2 Å². The number of rotatable bonds is 7. The largest absolute Gasteiger partial charge is 0.487 e. The van der Waals surface area contributed by atoms with Crippen LogP contribution >= 0.6 is 31.9 Å². The van der Waals surface area contributed by atoms with Crippen molar-refractivity contribution in [1.29, 1.82) is 5.26 Å². The predicted molar refractivity (Wildman–Crippen MR) is 128 cm³/mol. The van der Waals surface area contributed by atoms with Gasteiger partial charge in [0.25, 0.3) is 5.91 Å². The van der Waals surface area contributed by atoms with Crippen LogP contribution in [0.4, 0.5) is 5.69 Å². The van der Waals surface area contributed by atoms with Gasteiger partial charge in [-0.05, 0) is 64.0 Å². The van der Waals surface area contributed by atoms with E-state index >= 15 is 0 Å². The molecule has 160 valence electrons. The van der Waals surface area contributed by atoms with Crippen molar-refractivity contribution in [2.75, 3.05) is 5.32 Å². The molecule has 0 bridgehead atoms. The summed E-state index contributed by atoms with van der Waals surface area (Å²) in [6, 6.07) is 20.7. The van der Waals surface area contributed by atoms with Crippen LogP contribution in [0.3, 0.4) is 0 Å². The molecule has 8 heteroatoms. The Morgan fingerprint density at radius 2 is 1.75 bits per heavy atom. The smallest absolute Gasteiger partial charge is 0.335 e. The number of carbonyl (C=O) groups excluding carboxylic acids is 1. The lowest BCUT2D eigenvalue weighted by Crippen LogP contribution is -2.13. The van der Waals surface area contributed by atoms with Crippen molar-refractivity contribution >= 4 is 55.5 Å². The van der Waals surface area contributed by atoms with Crippen LogP contribution in [-0.4, -0.2) is 17.0 Å². The number of benzene rings is 3. The lowest BCUT2D eigenvalue weighted by atomic mass is 10.1. The first-order chi connectivity index (χ1) is 15.4. The Balaban J connectivity index is 1.86. The van der Waals surface area contributed by atoms with Crippen molar-refractivity contribution in [2.24, 2.45) is 0 Å². The van der Waals surface area contributed by atoms with E-state index in [1.54, 1.807) is 6.07 Å². The molecule has 0 unspecified atom stereocenters. The summed E-state index contributed by atoms with van der Waals surface area (Å²) in [5, 5.41) is 21.1. The molecule has 0 heterocycles. The normalized spacial score (nSPS) is 10.8. The highest BCUT2D eigenvalue weighted by molar-refractivity contribution is 9.11. The molecule has 32 heavy (non-hydrogen) atoms. The molecule has 1 amide bonds. The molecule has 3 aromatic carbocycles. The molecule has 3 rings (SSSR count). The van der Waals surface area contributed by atoms with E-state index < -0.39 is 11.9 Å². The highest BCUT2D eigenvalue weighted by Crippen LogP contribution is 2.35. The van der Waals surface area contributed by atoms with E-state index in [1.165, 1.54) is 30.3 Å². The molecule has 0 aliphatic rings. The summed E-state index contributed by atoms with van der Waals surface area (Å²) in [7, 11) is 0. The Morgan fingerprint density at radius 1 is 1.06 bits per heavy atom. The highest BCUT2D eigenvalue weighted by atomic mass is 79.9. The van der Waals surface area contributed by atoms with Gasteiger partial charge < -0.3 is 15.2 Å². The van der Waals surface area contributed by atoms with E-state index in [-0.39, 0.29) is 11.1 Å². The second kappa shape index (κ2) is 10.8. The summed E-state index contributed by atoms with van der Waals surface area (Å²) < 4.78 is 7.38. The summed E-state index contributed by atoms with van der Waals surface area (Å²) >= 11 is 6.89. The monoisotopic (exact) mass is 554 g/mol. The number of nitrogens with zero attached hydrogens (tertiary/aromatic N) is 1. The van der Waals surface area contributed by atoms with E-state index in [4.69, 9.17) is 9.84 Å². The molecule has 0 saturated heterocycles. The number of carbonyl (C=O) groups is 2. The van der Waals surface area contributed by atoms with Crippen molar-refractivity contribution in [3.05, 3.63) is 97.9 Å². The van der Waals surface area contributed by atoms with Crippen molar-refractivity contribution in [1.82, 2.24) is 0 Å². The second-order valence-corrected chi connectivity index (χ2v) is 8.36. The van der Waals surface area contributed by atoms with E-state index in [1.807, 2.05) is 42.5 Å². The summed E-state index contributed by atoms with van der Waals surface area (Å²) in [5.74, 6) is -1.20. The van der Waals surface area contributed by atoms with Crippen molar-refractivity contribution in [2.45, 2.75) is 6.61 Å². The average molecular weight is 556 g/mol. The third-order valence-electron chi connectivity index (χ3n) is 4.32. The van der Waals surface area contributed by atoms with Gasteiger partial charge in [0.05, 0.1) is 10.0 Å². The maximum atomic E-state index is 12.6. The predicted octanol–water partition coefficient (Wildman–Crippen LogP) is 6.03. The number of amides is 1. The van der Waals surface area contributed by atoms with Crippen LogP contribution in [0.2, 0.25) is 0 Å². The second-order valence-electron chi connectivity index (χ2n) is 6.59. The highest BCUT2D eigenvalue weighted by Gasteiger charge is 2.15. The summed E-state index contributed by atoms with van der Waals surface area (Å²) in [4.78, 5) is 23.6. The number of halogens is 2. The van der Waals surface area contributed by atoms with Crippen LogP contribution in [0, 0.1) is 11.3 Å². The molecule has 6 nitrogen and oxygen atoms in total. The summed E-state index contributed by atoms with van der Waals surface area (Å²) in [6.07, 6.45) is 1.44. The third-order valence-corrected chi connectivity index (χ3v) is 5.36. The number of nitriles is 1. The van der Waals surface area contributed by atoms with Crippen LogP contribution in [-0.2, 0) is 11.4 Å². The zero-order chi connectivity index (χ0) is 23.1. The molecule has 3 aromatic rings.